The first-order chi connectivity index (χ1) is 16.0. The Morgan fingerprint density at radius 2 is 1.58 bits per heavy atom. The Morgan fingerprint density at radius 1 is 0.909 bits per heavy atom. The highest BCUT2D eigenvalue weighted by atomic mass is 35.5. The van der Waals surface area contributed by atoms with Crippen molar-refractivity contribution in [1.29, 1.82) is 0 Å². The fourth-order valence-corrected chi connectivity index (χ4v) is 3.67. The van der Waals surface area contributed by atoms with E-state index >= 15 is 0 Å². The van der Waals surface area contributed by atoms with Gasteiger partial charge in [-0.1, -0.05) is 66.2 Å². The van der Waals surface area contributed by atoms with Crippen LogP contribution in [-0.4, -0.2) is 24.1 Å². The number of methoxy groups -OCH3 is 1. The standard InChI is InChI=1S/C26H20ClNO5/c1-32-23-12-11-19(15-21(23)27)28-25(30)24(16-7-3-2-4-8-16)33-26(31)20-13-17-9-5-6-10-18(17)14-22(20)29/h2-15,24,29H,1H3,(H,28,30)/t24-/m1/s1. The highest BCUT2D eigenvalue weighted by molar-refractivity contribution is 6.32. The molecular formula is C26H20ClNO5. The molecule has 166 valence electrons. The van der Waals surface area contributed by atoms with Gasteiger partial charge in [-0.15, -0.1) is 0 Å². The molecule has 1 atom stereocenters. The molecule has 7 heteroatoms. The number of amides is 1. The highest BCUT2D eigenvalue weighted by Crippen LogP contribution is 2.30. The smallest absolute Gasteiger partial charge is 0.343 e. The molecule has 4 aromatic rings. The second-order valence-electron chi connectivity index (χ2n) is 7.25. The molecule has 0 fully saturated rings. The molecule has 6 nitrogen and oxygen atoms in total. The average molecular weight is 462 g/mol. The van der Waals surface area contributed by atoms with Crippen LogP contribution >= 0.6 is 11.6 Å². The predicted octanol–water partition coefficient (Wildman–Crippen LogP) is 5.74. The van der Waals surface area contributed by atoms with Crippen LogP contribution in [0.25, 0.3) is 10.8 Å². The molecule has 1 amide bonds. The minimum absolute atomic E-state index is 0.0325. The van der Waals surface area contributed by atoms with Gasteiger partial charge in [-0.2, -0.15) is 0 Å². The summed E-state index contributed by atoms with van der Waals surface area (Å²) in [6, 6.07) is 23.7. The molecule has 0 aromatic heterocycles. The number of halogens is 1. The molecule has 0 bridgehead atoms. The van der Waals surface area contributed by atoms with E-state index in [4.69, 9.17) is 21.1 Å². The molecule has 4 aromatic carbocycles. The van der Waals surface area contributed by atoms with Gasteiger partial charge < -0.3 is 19.9 Å². The first-order valence-corrected chi connectivity index (χ1v) is 10.5. The lowest BCUT2D eigenvalue weighted by atomic mass is 10.1. The molecule has 0 radical (unpaired) electrons. The number of benzene rings is 4. The molecule has 0 spiro atoms. The summed E-state index contributed by atoms with van der Waals surface area (Å²) in [7, 11) is 1.49. The Balaban J connectivity index is 1.62. The van der Waals surface area contributed by atoms with Crippen molar-refractivity contribution in [2.75, 3.05) is 12.4 Å². The lowest BCUT2D eigenvalue weighted by Gasteiger charge is -2.19. The van der Waals surface area contributed by atoms with Crippen LogP contribution in [0, 0.1) is 0 Å². The molecule has 0 saturated heterocycles. The lowest BCUT2D eigenvalue weighted by Crippen LogP contribution is -2.26. The fraction of sp³-hybridized carbons (Fsp3) is 0.0769. The van der Waals surface area contributed by atoms with E-state index in [1.54, 1.807) is 42.5 Å². The van der Waals surface area contributed by atoms with Gasteiger partial charge in [0.25, 0.3) is 5.91 Å². The van der Waals surface area contributed by atoms with Crippen LogP contribution in [0.15, 0.2) is 84.9 Å². The number of hydrogen-bond acceptors (Lipinski definition) is 5. The van der Waals surface area contributed by atoms with Gasteiger partial charge in [0.2, 0.25) is 6.10 Å². The normalized spacial score (nSPS) is 11.6. The molecule has 0 heterocycles. The van der Waals surface area contributed by atoms with E-state index in [2.05, 4.69) is 5.32 Å². The van der Waals surface area contributed by atoms with Crippen LogP contribution in [0.1, 0.15) is 22.0 Å². The van der Waals surface area contributed by atoms with Crippen molar-refractivity contribution in [2.24, 2.45) is 0 Å². The summed E-state index contributed by atoms with van der Waals surface area (Å²) < 4.78 is 10.7. The van der Waals surface area contributed by atoms with Crippen LogP contribution in [0.5, 0.6) is 11.5 Å². The number of carbonyl (C=O) groups is 2. The predicted molar refractivity (Wildman–Crippen MR) is 127 cm³/mol. The van der Waals surface area contributed by atoms with Crippen molar-refractivity contribution < 1.29 is 24.2 Å². The maximum atomic E-state index is 13.1. The number of hydrogen-bond donors (Lipinski definition) is 2. The molecule has 4 rings (SSSR count). The van der Waals surface area contributed by atoms with E-state index in [1.165, 1.54) is 25.3 Å². The molecule has 0 aliphatic carbocycles. The molecule has 0 saturated carbocycles. The summed E-state index contributed by atoms with van der Waals surface area (Å²) in [6.45, 7) is 0. The zero-order valence-electron chi connectivity index (χ0n) is 17.6. The van der Waals surface area contributed by atoms with Gasteiger partial charge in [-0.3, -0.25) is 4.79 Å². The van der Waals surface area contributed by atoms with Crippen molar-refractivity contribution in [2.45, 2.75) is 6.10 Å². The molecule has 0 unspecified atom stereocenters. The van der Waals surface area contributed by atoms with Crippen molar-refractivity contribution in [1.82, 2.24) is 0 Å². The number of carbonyl (C=O) groups excluding carboxylic acids is 2. The summed E-state index contributed by atoms with van der Waals surface area (Å²) >= 11 is 6.15. The first kappa shape index (κ1) is 22.2. The Labute approximate surface area is 195 Å². The maximum Gasteiger partial charge on any atom is 0.343 e. The van der Waals surface area contributed by atoms with Gasteiger partial charge in [0.05, 0.1) is 12.1 Å². The van der Waals surface area contributed by atoms with Crippen LogP contribution in [0.4, 0.5) is 5.69 Å². The van der Waals surface area contributed by atoms with Crippen molar-refractivity contribution >= 4 is 39.9 Å². The van der Waals surface area contributed by atoms with E-state index in [9.17, 15) is 14.7 Å². The summed E-state index contributed by atoms with van der Waals surface area (Å²) in [5.74, 6) is -1.16. The monoisotopic (exact) mass is 461 g/mol. The van der Waals surface area contributed by atoms with Gasteiger partial charge in [0.1, 0.15) is 17.1 Å². The summed E-state index contributed by atoms with van der Waals surface area (Å²) in [5, 5.41) is 15.0. The van der Waals surface area contributed by atoms with E-state index in [0.717, 1.165) is 10.8 Å². The van der Waals surface area contributed by atoms with Crippen LogP contribution < -0.4 is 10.1 Å². The first-order valence-electron chi connectivity index (χ1n) is 10.1. The highest BCUT2D eigenvalue weighted by Gasteiger charge is 2.27. The minimum atomic E-state index is -1.26. The largest absolute Gasteiger partial charge is 0.507 e. The quantitative estimate of drug-likeness (QED) is 0.357. The third kappa shape index (κ3) is 4.91. The number of phenolic OH excluding ortho intramolecular Hbond substituents is 1. The second-order valence-corrected chi connectivity index (χ2v) is 7.66. The number of nitrogens with one attached hydrogen (secondary N) is 1. The second kappa shape index (κ2) is 9.63. The molecule has 0 aliphatic heterocycles. The number of phenols is 1. The molecular weight excluding hydrogens is 442 g/mol. The SMILES string of the molecule is COc1ccc(NC(=O)[C@H](OC(=O)c2cc3ccccc3cc2O)c2ccccc2)cc1Cl. The Bertz CT molecular complexity index is 1320. The van der Waals surface area contributed by atoms with Crippen molar-refractivity contribution in [3.05, 3.63) is 101 Å². The third-order valence-corrected chi connectivity index (χ3v) is 5.36. The summed E-state index contributed by atoms with van der Waals surface area (Å²) in [4.78, 5) is 26.1. The van der Waals surface area contributed by atoms with E-state index in [-0.39, 0.29) is 11.3 Å². The molecule has 33 heavy (non-hydrogen) atoms. The van der Waals surface area contributed by atoms with Crippen LogP contribution in [0.2, 0.25) is 5.02 Å². The topological polar surface area (TPSA) is 84.9 Å². The number of esters is 1. The number of rotatable bonds is 6. The molecule has 0 aliphatic rings. The van der Waals surface area contributed by atoms with Gasteiger partial charge in [-0.25, -0.2) is 4.79 Å². The van der Waals surface area contributed by atoms with Gasteiger partial charge in [0.15, 0.2) is 0 Å². The van der Waals surface area contributed by atoms with Crippen molar-refractivity contribution in [3.63, 3.8) is 0 Å². The lowest BCUT2D eigenvalue weighted by molar-refractivity contribution is -0.125. The Morgan fingerprint density at radius 3 is 2.24 bits per heavy atom. The maximum absolute atomic E-state index is 13.1. The zero-order valence-corrected chi connectivity index (χ0v) is 18.4. The van der Waals surface area contributed by atoms with E-state index in [0.29, 0.717) is 22.0 Å². The van der Waals surface area contributed by atoms with E-state index in [1.807, 2.05) is 24.3 Å². The third-order valence-electron chi connectivity index (χ3n) is 5.07. The minimum Gasteiger partial charge on any atom is -0.507 e. The summed E-state index contributed by atoms with van der Waals surface area (Å²) in [5.41, 5.74) is 0.856. The van der Waals surface area contributed by atoms with Gasteiger partial charge in [0, 0.05) is 11.3 Å². The van der Waals surface area contributed by atoms with Gasteiger partial charge >= 0.3 is 5.97 Å². The van der Waals surface area contributed by atoms with Gasteiger partial charge in [-0.05, 0) is 41.1 Å². The number of anilines is 1. The van der Waals surface area contributed by atoms with E-state index < -0.39 is 18.0 Å². The average Bonchev–Trinajstić information content (AvgIpc) is 2.82. The zero-order chi connectivity index (χ0) is 23.4. The van der Waals surface area contributed by atoms with Crippen LogP contribution in [0.3, 0.4) is 0 Å². The number of aromatic hydroxyl groups is 1. The van der Waals surface area contributed by atoms with Crippen LogP contribution in [-0.2, 0) is 9.53 Å². The Hall–Kier alpha value is -4.03. The molecule has 2 N–H and O–H groups in total. The number of ether oxygens (including phenoxy) is 2. The Kier molecular flexibility index (Phi) is 6.47. The number of fused-ring (bicyclic) bond motifs is 1. The van der Waals surface area contributed by atoms with Crippen molar-refractivity contribution in [3.8, 4) is 11.5 Å². The fourth-order valence-electron chi connectivity index (χ4n) is 3.42. The summed E-state index contributed by atoms with van der Waals surface area (Å²) in [6.07, 6.45) is -1.26.